The Kier molecular flexibility index (Phi) is 5.72. The third-order valence-electron chi connectivity index (χ3n) is 2.82. The molecule has 8 heteroatoms. The highest BCUT2D eigenvalue weighted by Crippen LogP contribution is 2.41. The Morgan fingerprint density at radius 3 is 2.14 bits per heavy atom. The van der Waals surface area contributed by atoms with Gasteiger partial charge in [0.1, 0.15) is 0 Å². The summed E-state index contributed by atoms with van der Waals surface area (Å²) >= 11 is 3.07. The van der Waals surface area contributed by atoms with Crippen molar-refractivity contribution in [3.63, 3.8) is 0 Å². The number of rotatable bonds is 5. The predicted molar refractivity (Wildman–Crippen MR) is 69.7 cm³/mol. The van der Waals surface area contributed by atoms with Crippen molar-refractivity contribution >= 4 is 21.9 Å². The SMILES string of the molecule is COC(=O)c1ccc(C(Br)CCC(F)(F)C(F)(F)F)cc1. The van der Waals surface area contributed by atoms with Crippen LogP contribution in [0.25, 0.3) is 0 Å². The quantitative estimate of drug-likeness (QED) is 0.416. The van der Waals surface area contributed by atoms with Gasteiger partial charge in [-0.1, -0.05) is 28.1 Å². The van der Waals surface area contributed by atoms with Crippen molar-refractivity contribution in [1.29, 1.82) is 0 Å². The average Bonchev–Trinajstić information content (AvgIpc) is 2.43. The summed E-state index contributed by atoms with van der Waals surface area (Å²) < 4.78 is 66.3. The average molecular weight is 375 g/mol. The topological polar surface area (TPSA) is 26.3 Å². The van der Waals surface area contributed by atoms with Gasteiger partial charge in [-0.2, -0.15) is 22.0 Å². The maximum absolute atomic E-state index is 12.8. The molecule has 0 saturated heterocycles. The lowest BCUT2D eigenvalue weighted by molar-refractivity contribution is -0.284. The molecule has 118 valence electrons. The van der Waals surface area contributed by atoms with E-state index in [0.717, 1.165) is 0 Å². The number of alkyl halides is 6. The summed E-state index contributed by atoms with van der Waals surface area (Å²) in [5, 5.41) is 0. The van der Waals surface area contributed by atoms with Crippen LogP contribution in [0.1, 0.15) is 33.6 Å². The summed E-state index contributed by atoms with van der Waals surface area (Å²) in [7, 11) is 1.21. The van der Waals surface area contributed by atoms with Crippen LogP contribution in [0.2, 0.25) is 0 Å². The molecule has 0 aliphatic rings. The van der Waals surface area contributed by atoms with E-state index in [2.05, 4.69) is 20.7 Å². The minimum Gasteiger partial charge on any atom is -0.465 e. The second-order valence-corrected chi connectivity index (χ2v) is 5.43. The number of hydrogen-bond acceptors (Lipinski definition) is 2. The van der Waals surface area contributed by atoms with Gasteiger partial charge in [0.15, 0.2) is 0 Å². The molecule has 0 N–H and O–H groups in total. The Morgan fingerprint density at radius 1 is 1.19 bits per heavy atom. The molecule has 21 heavy (non-hydrogen) atoms. The van der Waals surface area contributed by atoms with Crippen molar-refractivity contribution in [3.8, 4) is 0 Å². The molecule has 0 fully saturated rings. The number of halogens is 6. The van der Waals surface area contributed by atoms with Gasteiger partial charge in [0.05, 0.1) is 12.7 Å². The summed E-state index contributed by atoms with van der Waals surface area (Å²) in [6, 6.07) is 5.77. The Bertz CT molecular complexity index is 484. The van der Waals surface area contributed by atoms with Crippen molar-refractivity contribution in [2.24, 2.45) is 0 Å². The maximum atomic E-state index is 12.8. The summed E-state index contributed by atoms with van der Waals surface area (Å²) in [5.41, 5.74) is 0.766. The molecular weight excluding hydrogens is 363 g/mol. The number of carbonyl (C=O) groups is 1. The highest BCUT2D eigenvalue weighted by Gasteiger charge is 2.56. The zero-order valence-corrected chi connectivity index (χ0v) is 12.5. The maximum Gasteiger partial charge on any atom is 0.453 e. The smallest absolute Gasteiger partial charge is 0.453 e. The second kappa shape index (κ2) is 6.72. The molecule has 0 radical (unpaired) electrons. The molecule has 1 unspecified atom stereocenters. The standard InChI is InChI=1S/C13H12BrF5O2/c1-21-11(20)9-4-2-8(3-5-9)10(14)6-7-12(15,16)13(17,18)19/h2-5,10H,6-7H2,1H3. The molecule has 0 saturated carbocycles. The highest BCUT2D eigenvalue weighted by molar-refractivity contribution is 9.09. The van der Waals surface area contributed by atoms with Gasteiger partial charge in [-0.25, -0.2) is 4.79 Å². The number of esters is 1. The molecule has 1 aromatic carbocycles. The lowest BCUT2D eigenvalue weighted by Crippen LogP contribution is -2.36. The van der Waals surface area contributed by atoms with Crippen molar-refractivity contribution < 1.29 is 31.5 Å². The van der Waals surface area contributed by atoms with Crippen molar-refractivity contribution in [1.82, 2.24) is 0 Å². The molecule has 1 rings (SSSR count). The van der Waals surface area contributed by atoms with Crippen LogP contribution in [0.3, 0.4) is 0 Å². The van der Waals surface area contributed by atoms with E-state index >= 15 is 0 Å². The Balaban J connectivity index is 2.68. The van der Waals surface area contributed by atoms with Crippen LogP contribution in [0.15, 0.2) is 24.3 Å². The first-order valence-electron chi connectivity index (χ1n) is 5.85. The molecule has 0 aliphatic heterocycles. The number of carbonyl (C=O) groups excluding carboxylic acids is 1. The fourth-order valence-electron chi connectivity index (χ4n) is 1.56. The van der Waals surface area contributed by atoms with E-state index in [1.165, 1.54) is 31.4 Å². The van der Waals surface area contributed by atoms with E-state index in [1.54, 1.807) is 0 Å². The third-order valence-corrected chi connectivity index (χ3v) is 3.81. The van der Waals surface area contributed by atoms with E-state index in [1.807, 2.05) is 0 Å². The van der Waals surface area contributed by atoms with Gasteiger partial charge in [-0.05, 0) is 24.1 Å². The first-order valence-corrected chi connectivity index (χ1v) is 6.77. The fourth-order valence-corrected chi connectivity index (χ4v) is 2.10. The van der Waals surface area contributed by atoms with Gasteiger partial charge >= 0.3 is 18.1 Å². The first kappa shape index (κ1) is 17.9. The summed E-state index contributed by atoms with van der Waals surface area (Å²) in [5.74, 6) is -5.28. The second-order valence-electron chi connectivity index (χ2n) is 4.32. The fraction of sp³-hybridized carbons (Fsp3) is 0.462. The molecule has 0 bridgehead atoms. The molecule has 2 nitrogen and oxygen atoms in total. The third kappa shape index (κ3) is 4.66. The molecule has 0 heterocycles. The van der Waals surface area contributed by atoms with Crippen molar-refractivity contribution in [2.75, 3.05) is 7.11 Å². The van der Waals surface area contributed by atoms with Gasteiger partial charge < -0.3 is 4.74 Å². The van der Waals surface area contributed by atoms with Gasteiger partial charge in [0.2, 0.25) is 0 Å². The van der Waals surface area contributed by atoms with Crippen LogP contribution < -0.4 is 0 Å². The Labute approximate surface area is 126 Å². The molecular formula is C13H12BrF5O2. The summed E-state index contributed by atoms with van der Waals surface area (Å²) in [6.45, 7) is 0. The van der Waals surface area contributed by atoms with E-state index in [0.29, 0.717) is 5.56 Å². The van der Waals surface area contributed by atoms with Crippen LogP contribution in [0.4, 0.5) is 22.0 Å². The molecule has 0 aliphatic carbocycles. The van der Waals surface area contributed by atoms with E-state index in [-0.39, 0.29) is 5.56 Å². The van der Waals surface area contributed by atoms with Crippen molar-refractivity contribution in [3.05, 3.63) is 35.4 Å². The summed E-state index contributed by atoms with van der Waals surface area (Å²) in [4.78, 5) is 10.5. The number of hydrogen-bond donors (Lipinski definition) is 0. The Morgan fingerprint density at radius 2 is 1.71 bits per heavy atom. The lowest BCUT2D eigenvalue weighted by atomic mass is 10.0. The van der Waals surface area contributed by atoms with Gasteiger partial charge in [-0.15, -0.1) is 0 Å². The molecule has 1 atom stereocenters. The van der Waals surface area contributed by atoms with Gasteiger partial charge in [0.25, 0.3) is 0 Å². The monoisotopic (exact) mass is 374 g/mol. The lowest BCUT2D eigenvalue weighted by Gasteiger charge is -2.20. The van der Waals surface area contributed by atoms with E-state index < -0.39 is 35.7 Å². The van der Waals surface area contributed by atoms with Crippen LogP contribution in [-0.4, -0.2) is 25.2 Å². The van der Waals surface area contributed by atoms with Crippen LogP contribution in [0, 0.1) is 0 Å². The zero-order chi connectivity index (χ0) is 16.3. The predicted octanol–water partition coefficient (Wildman–Crippen LogP) is 4.89. The van der Waals surface area contributed by atoms with Crippen LogP contribution in [0.5, 0.6) is 0 Å². The Hall–Kier alpha value is -1.18. The summed E-state index contributed by atoms with van der Waals surface area (Å²) in [6.07, 6.45) is -7.26. The number of methoxy groups -OCH3 is 1. The molecule has 1 aromatic rings. The normalized spacial score (nSPS) is 13.9. The number of benzene rings is 1. The molecule has 0 aromatic heterocycles. The van der Waals surface area contributed by atoms with E-state index in [4.69, 9.17) is 0 Å². The largest absolute Gasteiger partial charge is 0.465 e. The number of ether oxygens (including phenoxy) is 1. The minimum atomic E-state index is -5.55. The van der Waals surface area contributed by atoms with Crippen molar-refractivity contribution in [2.45, 2.75) is 29.8 Å². The van der Waals surface area contributed by atoms with Gasteiger partial charge in [-0.3, -0.25) is 0 Å². The molecule has 0 amide bonds. The van der Waals surface area contributed by atoms with Crippen LogP contribution >= 0.6 is 15.9 Å². The first-order chi connectivity index (χ1) is 9.58. The van der Waals surface area contributed by atoms with E-state index in [9.17, 15) is 26.7 Å². The molecule has 0 spiro atoms. The van der Waals surface area contributed by atoms with Gasteiger partial charge in [0, 0.05) is 11.2 Å². The van der Waals surface area contributed by atoms with Crippen LogP contribution in [-0.2, 0) is 4.74 Å². The minimum absolute atomic E-state index is 0.265. The highest BCUT2D eigenvalue weighted by atomic mass is 79.9. The zero-order valence-electron chi connectivity index (χ0n) is 10.9.